The van der Waals surface area contributed by atoms with Crippen LogP contribution in [-0.4, -0.2) is 9.59 Å². The number of hydrazine groups is 1. The quantitative estimate of drug-likeness (QED) is 0.673. The van der Waals surface area contributed by atoms with Crippen LogP contribution in [0.15, 0.2) is 24.3 Å². The summed E-state index contributed by atoms with van der Waals surface area (Å²) in [6.07, 6.45) is -4.01. The van der Waals surface area contributed by atoms with Gasteiger partial charge in [0, 0.05) is 0 Å². The molecule has 0 saturated carbocycles. The highest BCUT2D eigenvalue weighted by Crippen LogP contribution is 2.31. The lowest BCUT2D eigenvalue weighted by Gasteiger charge is -2.15. The van der Waals surface area contributed by atoms with E-state index >= 15 is 0 Å². The van der Waals surface area contributed by atoms with E-state index in [2.05, 4.69) is 15.0 Å². The largest absolute Gasteiger partial charge is 0.416 e. The lowest BCUT2D eigenvalue weighted by atomic mass is 10.0. The Morgan fingerprint density at radius 1 is 1.40 bits per heavy atom. The zero-order valence-electron chi connectivity index (χ0n) is 10.6. The number of nitrogens with zero attached hydrogens (tertiary/aromatic N) is 2. The topological polar surface area (TPSA) is 63.8 Å². The van der Waals surface area contributed by atoms with E-state index in [1.54, 1.807) is 13.0 Å². The Hall–Kier alpha value is -1.51. The fourth-order valence-electron chi connectivity index (χ4n) is 1.89. The summed E-state index contributed by atoms with van der Waals surface area (Å²) in [5, 5.41) is 3.88. The number of rotatable bonds is 4. The average molecular weight is 302 g/mol. The summed E-state index contributed by atoms with van der Waals surface area (Å²) in [5.41, 5.74) is 3.22. The van der Waals surface area contributed by atoms with Crippen LogP contribution >= 0.6 is 11.5 Å². The number of nitrogens with two attached hydrogens (primary N) is 1. The van der Waals surface area contributed by atoms with Crippen LogP contribution < -0.4 is 11.3 Å². The van der Waals surface area contributed by atoms with Crippen LogP contribution in [0.2, 0.25) is 0 Å². The van der Waals surface area contributed by atoms with Crippen LogP contribution in [0.3, 0.4) is 0 Å². The fraction of sp³-hybridized carbons (Fsp3) is 0.333. The normalized spacial score (nSPS) is 13.4. The van der Waals surface area contributed by atoms with Gasteiger partial charge in [-0.15, -0.1) is 5.10 Å². The molecule has 0 aliphatic rings. The average Bonchev–Trinajstić information content (AvgIpc) is 2.81. The van der Waals surface area contributed by atoms with Crippen LogP contribution in [0.1, 0.15) is 27.7 Å². The van der Waals surface area contributed by atoms with Crippen molar-refractivity contribution >= 4 is 11.5 Å². The van der Waals surface area contributed by atoms with Crippen molar-refractivity contribution in [1.82, 2.24) is 15.0 Å². The molecule has 1 aromatic heterocycles. The SMILES string of the molecule is Cc1nnsc1C(Cc1cccc(C(F)(F)F)c1)NN. The summed E-state index contributed by atoms with van der Waals surface area (Å²) in [6, 6.07) is 4.91. The van der Waals surface area contributed by atoms with E-state index in [1.807, 2.05) is 0 Å². The number of hydrogen-bond acceptors (Lipinski definition) is 5. The minimum atomic E-state index is -4.34. The summed E-state index contributed by atoms with van der Waals surface area (Å²) >= 11 is 1.19. The van der Waals surface area contributed by atoms with Gasteiger partial charge in [0.2, 0.25) is 0 Å². The molecule has 3 N–H and O–H groups in total. The second-order valence-electron chi connectivity index (χ2n) is 4.34. The molecule has 108 valence electrons. The molecule has 1 atom stereocenters. The molecular weight excluding hydrogens is 289 g/mol. The Bertz CT molecular complexity index is 582. The fourth-order valence-corrected chi connectivity index (χ4v) is 2.60. The minimum absolute atomic E-state index is 0.307. The molecular formula is C12H13F3N4S. The van der Waals surface area contributed by atoms with Crippen LogP contribution in [0.4, 0.5) is 13.2 Å². The maximum atomic E-state index is 12.7. The van der Waals surface area contributed by atoms with Crippen molar-refractivity contribution in [2.45, 2.75) is 25.6 Å². The second kappa shape index (κ2) is 5.86. The van der Waals surface area contributed by atoms with Crippen LogP contribution in [0.25, 0.3) is 0 Å². The zero-order chi connectivity index (χ0) is 14.8. The molecule has 1 aromatic carbocycles. The van der Waals surface area contributed by atoms with Crippen LogP contribution in [-0.2, 0) is 12.6 Å². The van der Waals surface area contributed by atoms with E-state index in [0.29, 0.717) is 12.0 Å². The zero-order valence-corrected chi connectivity index (χ0v) is 11.4. The molecule has 0 spiro atoms. The number of aromatic nitrogens is 2. The summed E-state index contributed by atoms with van der Waals surface area (Å²) in [6.45, 7) is 1.79. The van der Waals surface area contributed by atoms with E-state index in [0.717, 1.165) is 22.7 Å². The Morgan fingerprint density at radius 3 is 2.70 bits per heavy atom. The third kappa shape index (κ3) is 3.33. The molecule has 0 saturated heterocycles. The monoisotopic (exact) mass is 302 g/mol. The van der Waals surface area contributed by atoms with E-state index in [9.17, 15) is 13.2 Å². The van der Waals surface area contributed by atoms with E-state index < -0.39 is 11.7 Å². The van der Waals surface area contributed by atoms with Gasteiger partial charge in [0.1, 0.15) is 0 Å². The molecule has 2 rings (SSSR count). The van der Waals surface area contributed by atoms with Crippen molar-refractivity contribution in [3.8, 4) is 0 Å². The van der Waals surface area contributed by atoms with Crippen molar-refractivity contribution in [3.05, 3.63) is 46.0 Å². The molecule has 0 fully saturated rings. The number of hydrogen-bond donors (Lipinski definition) is 2. The minimum Gasteiger partial charge on any atom is -0.271 e. The van der Waals surface area contributed by atoms with Gasteiger partial charge in [-0.05, 0) is 36.5 Å². The third-order valence-electron chi connectivity index (χ3n) is 2.90. The Balaban J connectivity index is 2.23. The van der Waals surface area contributed by atoms with Crippen molar-refractivity contribution < 1.29 is 13.2 Å². The van der Waals surface area contributed by atoms with Gasteiger partial charge in [-0.3, -0.25) is 11.3 Å². The molecule has 0 amide bonds. The van der Waals surface area contributed by atoms with Gasteiger partial charge < -0.3 is 0 Å². The molecule has 0 radical (unpaired) electrons. The molecule has 8 heteroatoms. The highest BCUT2D eigenvalue weighted by atomic mass is 32.1. The number of nitrogens with one attached hydrogen (secondary N) is 1. The van der Waals surface area contributed by atoms with Crippen molar-refractivity contribution in [2.75, 3.05) is 0 Å². The standard InChI is InChI=1S/C12H13F3N4S/c1-7-11(20-19-18-7)10(17-16)6-8-3-2-4-9(5-8)12(13,14)15/h2-5,10,17H,6,16H2,1H3. The summed E-state index contributed by atoms with van der Waals surface area (Å²) in [4.78, 5) is 0.824. The molecule has 0 aliphatic carbocycles. The molecule has 4 nitrogen and oxygen atoms in total. The predicted molar refractivity (Wildman–Crippen MR) is 69.9 cm³/mol. The molecule has 1 heterocycles. The maximum absolute atomic E-state index is 12.7. The lowest BCUT2D eigenvalue weighted by Crippen LogP contribution is -2.29. The van der Waals surface area contributed by atoms with Crippen molar-refractivity contribution in [2.24, 2.45) is 5.84 Å². The highest BCUT2D eigenvalue weighted by molar-refractivity contribution is 7.05. The Labute approximate surface area is 117 Å². The van der Waals surface area contributed by atoms with Gasteiger partial charge in [-0.25, -0.2) is 0 Å². The smallest absolute Gasteiger partial charge is 0.271 e. The number of benzene rings is 1. The van der Waals surface area contributed by atoms with Gasteiger partial charge in [0.05, 0.1) is 22.2 Å². The third-order valence-corrected chi connectivity index (χ3v) is 3.84. The van der Waals surface area contributed by atoms with Gasteiger partial charge in [-0.1, -0.05) is 22.7 Å². The van der Waals surface area contributed by atoms with Crippen molar-refractivity contribution in [1.29, 1.82) is 0 Å². The van der Waals surface area contributed by atoms with E-state index in [4.69, 9.17) is 5.84 Å². The van der Waals surface area contributed by atoms with Crippen LogP contribution in [0, 0.1) is 6.92 Å². The number of alkyl halides is 3. The van der Waals surface area contributed by atoms with Crippen LogP contribution in [0.5, 0.6) is 0 Å². The lowest BCUT2D eigenvalue weighted by molar-refractivity contribution is -0.137. The van der Waals surface area contributed by atoms with Crippen molar-refractivity contribution in [3.63, 3.8) is 0 Å². The van der Waals surface area contributed by atoms with E-state index in [-0.39, 0.29) is 6.04 Å². The Morgan fingerprint density at radius 2 is 2.15 bits per heavy atom. The number of aryl methyl sites for hydroxylation is 1. The summed E-state index contributed by atoms with van der Waals surface area (Å²) in [5.74, 6) is 5.48. The Kier molecular flexibility index (Phi) is 4.36. The van der Waals surface area contributed by atoms with E-state index in [1.165, 1.54) is 17.6 Å². The first kappa shape index (κ1) is 14.9. The summed E-state index contributed by atoms with van der Waals surface area (Å²) < 4.78 is 41.8. The molecule has 2 aromatic rings. The summed E-state index contributed by atoms with van der Waals surface area (Å²) in [7, 11) is 0. The molecule has 20 heavy (non-hydrogen) atoms. The first-order chi connectivity index (χ1) is 9.41. The predicted octanol–water partition coefficient (Wildman–Crippen LogP) is 2.61. The first-order valence-electron chi connectivity index (χ1n) is 5.83. The maximum Gasteiger partial charge on any atom is 0.416 e. The second-order valence-corrected chi connectivity index (χ2v) is 5.13. The highest BCUT2D eigenvalue weighted by Gasteiger charge is 2.30. The molecule has 1 unspecified atom stereocenters. The molecule has 0 aliphatic heterocycles. The van der Waals surface area contributed by atoms with Gasteiger partial charge >= 0.3 is 6.18 Å². The number of halogens is 3. The van der Waals surface area contributed by atoms with Gasteiger partial charge in [0.25, 0.3) is 0 Å². The molecule has 0 bridgehead atoms. The van der Waals surface area contributed by atoms with Gasteiger partial charge in [0.15, 0.2) is 0 Å². The van der Waals surface area contributed by atoms with Gasteiger partial charge in [-0.2, -0.15) is 13.2 Å². The first-order valence-corrected chi connectivity index (χ1v) is 6.60.